The molecule has 5 heteroatoms. The van der Waals surface area contributed by atoms with Crippen LogP contribution in [0.5, 0.6) is 0 Å². The largest absolute Gasteiger partial charge is 0.342 e. The van der Waals surface area contributed by atoms with Crippen molar-refractivity contribution in [2.24, 2.45) is 7.05 Å². The van der Waals surface area contributed by atoms with Gasteiger partial charge in [0.25, 0.3) is 5.56 Å². The fourth-order valence-corrected chi connectivity index (χ4v) is 4.63. The number of benzene rings is 2. The summed E-state index contributed by atoms with van der Waals surface area (Å²) in [6, 6.07) is 24.6. The second-order valence-corrected chi connectivity index (χ2v) is 8.31. The number of pyridine rings is 1. The predicted molar refractivity (Wildman–Crippen MR) is 129 cm³/mol. The number of piperidine rings is 1. The standard InChI is InChI=1S/C27H26N4O/c1-30-26(32)18-25(21-13-15-28-16-14-21)29-27(30)31-17-7-10-22(19-31)24-12-6-5-11-23(24)20-8-3-2-4-9-20/h2-6,8-9,11-16,18,22H,7,10,17,19H2,1H3. The predicted octanol–water partition coefficient (Wildman–Crippen LogP) is 4.89. The minimum atomic E-state index is -0.0476. The quantitative estimate of drug-likeness (QED) is 0.470. The maximum Gasteiger partial charge on any atom is 0.255 e. The van der Waals surface area contributed by atoms with Gasteiger partial charge in [-0.25, -0.2) is 4.98 Å². The molecule has 1 atom stereocenters. The average molecular weight is 423 g/mol. The summed E-state index contributed by atoms with van der Waals surface area (Å²) in [5.74, 6) is 1.10. The number of anilines is 1. The van der Waals surface area contributed by atoms with Crippen LogP contribution in [0.1, 0.15) is 24.3 Å². The second-order valence-electron chi connectivity index (χ2n) is 8.31. The lowest BCUT2D eigenvalue weighted by molar-refractivity contribution is 0.497. The molecule has 5 rings (SSSR count). The van der Waals surface area contributed by atoms with Crippen molar-refractivity contribution in [3.05, 3.63) is 101 Å². The Kier molecular flexibility index (Phi) is 5.55. The van der Waals surface area contributed by atoms with Gasteiger partial charge in [-0.15, -0.1) is 0 Å². The van der Waals surface area contributed by atoms with Gasteiger partial charge in [0.2, 0.25) is 5.95 Å². The van der Waals surface area contributed by atoms with E-state index < -0.39 is 0 Å². The van der Waals surface area contributed by atoms with E-state index in [-0.39, 0.29) is 5.56 Å². The summed E-state index contributed by atoms with van der Waals surface area (Å²) in [5.41, 5.74) is 5.43. The van der Waals surface area contributed by atoms with Gasteiger partial charge in [-0.2, -0.15) is 0 Å². The molecular formula is C27H26N4O. The molecule has 1 saturated heterocycles. The van der Waals surface area contributed by atoms with Crippen LogP contribution in [0.2, 0.25) is 0 Å². The van der Waals surface area contributed by atoms with Gasteiger partial charge >= 0.3 is 0 Å². The van der Waals surface area contributed by atoms with Crippen molar-refractivity contribution < 1.29 is 0 Å². The lowest BCUT2D eigenvalue weighted by Gasteiger charge is -2.35. The van der Waals surface area contributed by atoms with Crippen molar-refractivity contribution in [3.8, 4) is 22.4 Å². The molecule has 2 aromatic carbocycles. The summed E-state index contributed by atoms with van der Waals surface area (Å²) in [6.07, 6.45) is 5.64. The fraction of sp³-hybridized carbons (Fsp3) is 0.222. The Morgan fingerprint density at radius 2 is 1.66 bits per heavy atom. The number of hydrogen-bond donors (Lipinski definition) is 0. The van der Waals surface area contributed by atoms with Gasteiger partial charge in [-0.1, -0.05) is 54.6 Å². The minimum absolute atomic E-state index is 0.0476. The summed E-state index contributed by atoms with van der Waals surface area (Å²) >= 11 is 0. The first-order valence-electron chi connectivity index (χ1n) is 11.1. The topological polar surface area (TPSA) is 51.0 Å². The van der Waals surface area contributed by atoms with E-state index in [0.717, 1.165) is 37.4 Å². The molecule has 1 aliphatic heterocycles. The van der Waals surface area contributed by atoms with E-state index in [9.17, 15) is 4.79 Å². The summed E-state index contributed by atoms with van der Waals surface area (Å²) in [5, 5.41) is 0. The zero-order valence-electron chi connectivity index (χ0n) is 18.2. The summed E-state index contributed by atoms with van der Waals surface area (Å²) in [6.45, 7) is 1.73. The fourth-order valence-electron chi connectivity index (χ4n) is 4.63. The van der Waals surface area contributed by atoms with Crippen molar-refractivity contribution in [1.82, 2.24) is 14.5 Å². The number of nitrogens with zero attached hydrogens (tertiary/aromatic N) is 4. The monoisotopic (exact) mass is 422 g/mol. The van der Waals surface area contributed by atoms with Crippen LogP contribution in [-0.4, -0.2) is 27.6 Å². The Hall–Kier alpha value is -3.73. The molecule has 0 spiro atoms. The molecule has 0 radical (unpaired) electrons. The van der Waals surface area contributed by atoms with E-state index >= 15 is 0 Å². The molecule has 0 saturated carbocycles. The van der Waals surface area contributed by atoms with Crippen molar-refractivity contribution in [3.63, 3.8) is 0 Å². The van der Waals surface area contributed by atoms with Crippen LogP contribution in [0.25, 0.3) is 22.4 Å². The van der Waals surface area contributed by atoms with E-state index in [4.69, 9.17) is 4.98 Å². The molecule has 32 heavy (non-hydrogen) atoms. The molecule has 5 nitrogen and oxygen atoms in total. The third kappa shape index (κ3) is 3.94. The molecule has 4 aromatic rings. The van der Waals surface area contributed by atoms with Gasteiger partial charge in [0.05, 0.1) is 5.69 Å². The van der Waals surface area contributed by atoms with Crippen LogP contribution in [0.3, 0.4) is 0 Å². The Bertz CT molecular complexity index is 1270. The van der Waals surface area contributed by atoms with Gasteiger partial charge in [0, 0.05) is 50.1 Å². The molecule has 160 valence electrons. The molecular weight excluding hydrogens is 396 g/mol. The molecule has 0 aliphatic carbocycles. The lowest BCUT2D eigenvalue weighted by atomic mass is 9.85. The summed E-state index contributed by atoms with van der Waals surface area (Å²) in [4.78, 5) is 24.0. The first-order valence-corrected chi connectivity index (χ1v) is 11.1. The highest BCUT2D eigenvalue weighted by Crippen LogP contribution is 2.35. The van der Waals surface area contributed by atoms with Crippen LogP contribution in [0.15, 0.2) is 90.0 Å². The van der Waals surface area contributed by atoms with Gasteiger partial charge in [-0.05, 0) is 41.7 Å². The van der Waals surface area contributed by atoms with Gasteiger partial charge in [-0.3, -0.25) is 14.3 Å². The first kappa shape index (κ1) is 20.2. The van der Waals surface area contributed by atoms with Crippen LogP contribution >= 0.6 is 0 Å². The van der Waals surface area contributed by atoms with Crippen LogP contribution in [-0.2, 0) is 7.05 Å². The van der Waals surface area contributed by atoms with E-state index in [1.165, 1.54) is 16.7 Å². The minimum Gasteiger partial charge on any atom is -0.342 e. The van der Waals surface area contributed by atoms with Crippen LogP contribution in [0.4, 0.5) is 5.95 Å². The molecule has 0 N–H and O–H groups in total. The van der Waals surface area contributed by atoms with Gasteiger partial charge in [0.15, 0.2) is 0 Å². The molecule has 1 unspecified atom stereocenters. The normalized spacial score (nSPS) is 16.2. The highest BCUT2D eigenvalue weighted by atomic mass is 16.1. The summed E-state index contributed by atoms with van der Waals surface area (Å²) < 4.78 is 1.66. The third-order valence-electron chi connectivity index (χ3n) is 6.28. The zero-order valence-corrected chi connectivity index (χ0v) is 18.2. The molecule has 1 fully saturated rings. The summed E-state index contributed by atoms with van der Waals surface area (Å²) in [7, 11) is 1.81. The highest BCUT2D eigenvalue weighted by Gasteiger charge is 2.26. The second kappa shape index (κ2) is 8.79. The molecule has 3 heterocycles. The lowest BCUT2D eigenvalue weighted by Crippen LogP contribution is -2.38. The smallest absolute Gasteiger partial charge is 0.255 e. The SMILES string of the molecule is Cn1c(N2CCCC(c3ccccc3-c3ccccc3)C2)nc(-c2ccncc2)cc1=O. The highest BCUT2D eigenvalue weighted by molar-refractivity contribution is 5.68. The van der Waals surface area contributed by atoms with Crippen molar-refractivity contribution >= 4 is 5.95 Å². The van der Waals surface area contributed by atoms with Gasteiger partial charge in [0.1, 0.15) is 0 Å². The third-order valence-corrected chi connectivity index (χ3v) is 6.28. The van der Waals surface area contributed by atoms with Crippen molar-refractivity contribution in [2.45, 2.75) is 18.8 Å². The average Bonchev–Trinajstić information content (AvgIpc) is 2.87. The number of rotatable bonds is 4. The number of aromatic nitrogens is 3. The van der Waals surface area contributed by atoms with Gasteiger partial charge < -0.3 is 4.90 Å². The maximum absolute atomic E-state index is 12.7. The van der Waals surface area contributed by atoms with Crippen LogP contribution < -0.4 is 10.5 Å². The zero-order chi connectivity index (χ0) is 21.9. The van der Waals surface area contributed by atoms with E-state index in [1.54, 1.807) is 23.0 Å². The Morgan fingerprint density at radius 1 is 0.906 bits per heavy atom. The van der Waals surface area contributed by atoms with Crippen molar-refractivity contribution in [2.75, 3.05) is 18.0 Å². The molecule has 0 bridgehead atoms. The number of hydrogen-bond acceptors (Lipinski definition) is 4. The van der Waals surface area contributed by atoms with Crippen LogP contribution in [0, 0.1) is 0 Å². The molecule has 0 amide bonds. The Morgan fingerprint density at radius 3 is 2.47 bits per heavy atom. The molecule has 2 aromatic heterocycles. The Labute approximate surface area is 188 Å². The van der Waals surface area contributed by atoms with E-state index in [1.807, 2.05) is 19.2 Å². The maximum atomic E-state index is 12.7. The van der Waals surface area contributed by atoms with E-state index in [2.05, 4.69) is 64.5 Å². The Balaban J connectivity index is 1.50. The molecule has 1 aliphatic rings. The first-order chi connectivity index (χ1) is 15.7. The van der Waals surface area contributed by atoms with Crippen molar-refractivity contribution in [1.29, 1.82) is 0 Å². The van der Waals surface area contributed by atoms with E-state index in [0.29, 0.717) is 11.6 Å².